The summed E-state index contributed by atoms with van der Waals surface area (Å²) in [5, 5.41) is 3.60. The first-order chi connectivity index (χ1) is 11.0. The summed E-state index contributed by atoms with van der Waals surface area (Å²) in [7, 11) is 0. The Hall–Kier alpha value is -2.33. The molecule has 2 aromatic carbocycles. The molecule has 23 heavy (non-hydrogen) atoms. The van der Waals surface area contributed by atoms with E-state index in [9.17, 15) is 9.59 Å². The van der Waals surface area contributed by atoms with Crippen LogP contribution in [0.2, 0.25) is 5.02 Å². The van der Waals surface area contributed by atoms with Crippen LogP contribution in [0.1, 0.15) is 35.2 Å². The van der Waals surface area contributed by atoms with Crippen LogP contribution in [0.4, 0.5) is 5.69 Å². The number of primary amides is 1. The third kappa shape index (κ3) is 2.94. The smallest absolute Gasteiger partial charge is 0.248 e. The van der Waals surface area contributed by atoms with Gasteiger partial charge in [0.25, 0.3) is 0 Å². The monoisotopic (exact) mass is 328 g/mol. The van der Waals surface area contributed by atoms with E-state index < -0.39 is 11.3 Å². The zero-order valence-electron chi connectivity index (χ0n) is 12.5. The third-order valence-corrected chi connectivity index (χ3v) is 4.72. The van der Waals surface area contributed by atoms with Crippen LogP contribution in [0.25, 0.3) is 0 Å². The molecule has 0 aromatic heterocycles. The molecule has 2 aromatic rings. The predicted octanol–water partition coefficient (Wildman–Crippen LogP) is 3.50. The Labute approximate surface area is 139 Å². The molecule has 1 aliphatic carbocycles. The minimum absolute atomic E-state index is 0.0297. The Balaban J connectivity index is 1.80. The van der Waals surface area contributed by atoms with Crippen molar-refractivity contribution in [3.63, 3.8) is 0 Å². The summed E-state index contributed by atoms with van der Waals surface area (Å²) >= 11 is 5.93. The molecule has 1 aliphatic rings. The summed E-state index contributed by atoms with van der Waals surface area (Å²) in [6.07, 6.45) is 2.66. The van der Waals surface area contributed by atoms with Gasteiger partial charge in [-0.15, -0.1) is 0 Å². The van der Waals surface area contributed by atoms with Gasteiger partial charge in [0.15, 0.2) is 0 Å². The van der Waals surface area contributed by atoms with E-state index in [4.69, 9.17) is 17.3 Å². The summed E-state index contributed by atoms with van der Waals surface area (Å²) in [6.45, 7) is 0. The summed E-state index contributed by atoms with van der Waals surface area (Å²) < 4.78 is 0. The maximum Gasteiger partial charge on any atom is 0.248 e. The quantitative estimate of drug-likeness (QED) is 0.901. The number of hydrogen-bond acceptors (Lipinski definition) is 2. The first-order valence-electron chi connectivity index (χ1n) is 7.49. The standard InChI is InChI=1S/C18H17ClN2O2/c19-14-6-4-13(5-7-14)18(10-1-11-18)17(23)21-15-8-2-12(3-9-15)16(20)22/h2-9H,1,10-11H2,(H2,20,22)(H,21,23). The summed E-state index contributed by atoms with van der Waals surface area (Å²) in [5.41, 5.74) is 6.78. The number of anilines is 1. The van der Waals surface area contributed by atoms with Gasteiger partial charge < -0.3 is 11.1 Å². The molecule has 118 valence electrons. The highest BCUT2D eigenvalue weighted by molar-refractivity contribution is 6.30. The van der Waals surface area contributed by atoms with Crippen molar-refractivity contribution in [2.45, 2.75) is 24.7 Å². The van der Waals surface area contributed by atoms with Gasteiger partial charge in [0.2, 0.25) is 11.8 Å². The second-order valence-corrected chi connectivity index (χ2v) is 6.27. The maximum atomic E-state index is 12.8. The fourth-order valence-electron chi connectivity index (χ4n) is 2.91. The Kier molecular flexibility index (Phi) is 4.09. The molecule has 0 aliphatic heterocycles. The van der Waals surface area contributed by atoms with E-state index in [1.165, 1.54) is 0 Å². The van der Waals surface area contributed by atoms with Crippen LogP contribution in [-0.2, 0) is 10.2 Å². The molecule has 4 nitrogen and oxygen atoms in total. The van der Waals surface area contributed by atoms with E-state index in [-0.39, 0.29) is 5.91 Å². The van der Waals surface area contributed by atoms with Crippen LogP contribution in [0.5, 0.6) is 0 Å². The molecule has 1 saturated carbocycles. The van der Waals surface area contributed by atoms with Crippen LogP contribution >= 0.6 is 11.6 Å². The van der Waals surface area contributed by atoms with Crippen molar-refractivity contribution in [2.75, 3.05) is 5.32 Å². The lowest BCUT2D eigenvalue weighted by atomic mass is 9.64. The molecule has 0 bridgehead atoms. The number of carbonyl (C=O) groups excluding carboxylic acids is 2. The largest absolute Gasteiger partial charge is 0.366 e. The molecule has 5 heteroatoms. The number of halogens is 1. The highest BCUT2D eigenvalue weighted by Crippen LogP contribution is 2.44. The first-order valence-corrected chi connectivity index (χ1v) is 7.86. The highest BCUT2D eigenvalue weighted by Gasteiger charge is 2.45. The van der Waals surface area contributed by atoms with E-state index in [0.29, 0.717) is 16.3 Å². The van der Waals surface area contributed by atoms with Crippen LogP contribution in [0.15, 0.2) is 48.5 Å². The van der Waals surface area contributed by atoms with E-state index in [1.807, 2.05) is 24.3 Å². The molecular weight excluding hydrogens is 312 g/mol. The van der Waals surface area contributed by atoms with Gasteiger partial charge >= 0.3 is 0 Å². The molecule has 3 N–H and O–H groups in total. The van der Waals surface area contributed by atoms with Gasteiger partial charge in [-0.05, 0) is 54.8 Å². The zero-order chi connectivity index (χ0) is 16.4. The van der Waals surface area contributed by atoms with Gasteiger partial charge in [0, 0.05) is 16.3 Å². The van der Waals surface area contributed by atoms with Gasteiger partial charge in [-0.3, -0.25) is 9.59 Å². The molecule has 0 spiro atoms. The minimum atomic E-state index is -0.493. The molecule has 0 heterocycles. The predicted molar refractivity (Wildman–Crippen MR) is 90.6 cm³/mol. The summed E-state index contributed by atoms with van der Waals surface area (Å²) in [5.74, 6) is -0.516. The lowest BCUT2D eigenvalue weighted by Crippen LogP contribution is -2.46. The molecule has 0 saturated heterocycles. The Morgan fingerprint density at radius 1 is 1.00 bits per heavy atom. The minimum Gasteiger partial charge on any atom is -0.366 e. The Bertz CT molecular complexity index is 735. The van der Waals surface area contributed by atoms with Crippen molar-refractivity contribution in [1.82, 2.24) is 0 Å². The number of nitrogens with two attached hydrogens (primary N) is 1. The van der Waals surface area contributed by atoms with Gasteiger partial charge in [0.05, 0.1) is 5.41 Å². The lowest BCUT2D eigenvalue weighted by Gasteiger charge is -2.40. The summed E-state index contributed by atoms with van der Waals surface area (Å²) in [4.78, 5) is 23.9. The van der Waals surface area contributed by atoms with E-state index in [1.54, 1.807) is 24.3 Å². The molecular formula is C18H17ClN2O2. The van der Waals surface area contributed by atoms with Crippen molar-refractivity contribution < 1.29 is 9.59 Å². The second-order valence-electron chi connectivity index (χ2n) is 5.84. The molecule has 1 fully saturated rings. The Morgan fingerprint density at radius 3 is 2.09 bits per heavy atom. The van der Waals surface area contributed by atoms with Gasteiger partial charge in [-0.25, -0.2) is 0 Å². The zero-order valence-corrected chi connectivity index (χ0v) is 13.3. The number of carbonyl (C=O) groups is 2. The molecule has 3 rings (SSSR count). The normalized spacial score (nSPS) is 15.5. The number of rotatable bonds is 4. The van der Waals surface area contributed by atoms with Crippen LogP contribution in [0.3, 0.4) is 0 Å². The number of benzene rings is 2. The third-order valence-electron chi connectivity index (χ3n) is 4.47. The Morgan fingerprint density at radius 2 is 1.61 bits per heavy atom. The van der Waals surface area contributed by atoms with Crippen molar-refractivity contribution in [2.24, 2.45) is 5.73 Å². The first kappa shape index (κ1) is 15.6. The fraction of sp³-hybridized carbons (Fsp3) is 0.222. The highest BCUT2D eigenvalue weighted by atomic mass is 35.5. The lowest BCUT2D eigenvalue weighted by molar-refractivity contribution is -0.124. The molecule has 2 amide bonds. The van der Waals surface area contributed by atoms with Gasteiger partial charge in [0.1, 0.15) is 0 Å². The average molecular weight is 329 g/mol. The fourth-order valence-corrected chi connectivity index (χ4v) is 3.04. The van der Waals surface area contributed by atoms with E-state index in [0.717, 1.165) is 24.8 Å². The van der Waals surface area contributed by atoms with Gasteiger partial charge in [-0.2, -0.15) is 0 Å². The van der Waals surface area contributed by atoms with Gasteiger partial charge in [-0.1, -0.05) is 30.2 Å². The topological polar surface area (TPSA) is 72.2 Å². The summed E-state index contributed by atoms with van der Waals surface area (Å²) in [6, 6.07) is 14.0. The van der Waals surface area contributed by atoms with Crippen molar-refractivity contribution in [3.05, 3.63) is 64.7 Å². The maximum absolute atomic E-state index is 12.8. The number of nitrogens with one attached hydrogen (secondary N) is 1. The van der Waals surface area contributed by atoms with Crippen LogP contribution in [0, 0.1) is 0 Å². The SMILES string of the molecule is NC(=O)c1ccc(NC(=O)C2(c3ccc(Cl)cc3)CCC2)cc1. The van der Waals surface area contributed by atoms with Crippen molar-refractivity contribution in [3.8, 4) is 0 Å². The molecule has 0 unspecified atom stereocenters. The van der Waals surface area contributed by atoms with Crippen molar-refractivity contribution >= 4 is 29.1 Å². The second kappa shape index (κ2) is 6.05. The molecule has 0 radical (unpaired) electrons. The molecule has 0 atom stereocenters. The van der Waals surface area contributed by atoms with Crippen molar-refractivity contribution in [1.29, 1.82) is 0 Å². The van der Waals surface area contributed by atoms with E-state index in [2.05, 4.69) is 5.32 Å². The van der Waals surface area contributed by atoms with E-state index >= 15 is 0 Å². The van der Waals surface area contributed by atoms with Crippen LogP contribution in [-0.4, -0.2) is 11.8 Å². The average Bonchev–Trinajstić information content (AvgIpc) is 2.48. The number of amides is 2. The number of hydrogen-bond donors (Lipinski definition) is 2. The van der Waals surface area contributed by atoms with Crippen LogP contribution < -0.4 is 11.1 Å².